The number of rotatable bonds is 5. The number of hydrogen-bond donors (Lipinski definition) is 0. The van der Waals surface area contributed by atoms with Gasteiger partial charge in [-0.3, -0.25) is 4.79 Å². The van der Waals surface area contributed by atoms with E-state index in [0.29, 0.717) is 22.9 Å². The highest BCUT2D eigenvalue weighted by Gasteiger charge is 2.20. The fourth-order valence-electron chi connectivity index (χ4n) is 2.65. The molecule has 1 amide bonds. The molecule has 0 aliphatic carbocycles. The summed E-state index contributed by atoms with van der Waals surface area (Å²) in [5.41, 5.74) is 1.17. The van der Waals surface area contributed by atoms with Gasteiger partial charge in [-0.1, -0.05) is 11.6 Å². The molecule has 0 fully saturated rings. The van der Waals surface area contributed by atoms with Crippen LogP contribution in [0, 0.1) is 6.92 Å². The Balaban J connectivity index is 1.90. The number of carbonyl (C=O) groups excluding carboxylic acids is 1. The van der Waals surface area contributed by atoms with Crippen molar-refractivity contribution in [3.63, 3.8) is 0 Å². The van der Waals surface area contributed by atoms with Gasteiger partial charge in [0.15, 0.2) is 0 Å². The SMILES string of the molecule is COc1cc(-n2cccc2)c(Cl)cc1C(=O)N(C)Cc1ccc(C)o1. The Morgan fingerprint density at radius 2 is 2.00 bits per heavy atom. The third-order valence-electron chi connectivity index (χ3n) is 3.92. The van der Waals surface area contributed by atoms with E-state index in [9.17, 15) is 4.79 Å². The van der Waals surface area contributed by atoms with E-state index in [0.717, 1.165) is 17.2 Å². The monoisotopic (exact) mass is 358 g/mol. The first-order chi connectivity index (χ1) is 12.0. The number of benzene rings is 1. The highest BCUT2D eigenvalue weighted by molar-refractivity contribution is 6.33. The molecule has 0 saturated heterocycles. The van der Waals surface area contributed by atoms with Crippen molar-refractivity contribution in [1.29, 1.82) is 0 Å². The maximum absolute atomic E-state index is 12.8. The molecule has 2 heterocycles. The van der Waals surface area contributed by atoms with Crippen molar-refractivity contribution in [3.05, 3.63) is 70.9 Å². The van der Waals surface area contributed by atoms with Gasteiger partial charge in [0, 0.05) is 25.5 Å². The minimum Gasteiger partial charge on any atom is -0.496 e. The van der Waals surface area contributed by atoms with Gasteiger partial charge in [0.05, 0.1) is 29.9 Å². The molecule has 5 nitrogen and oxygen atoms in total. The van der Waals surface area contributed by atoms with E-state index in [2.05, 4.69) is 0 Å². The maximum Gasteiger partial charge on any atom is 0.257 e. The fourth-order valence-corrected chi connectivity index (χ4v) is 2.91. The number of amides is 1. The molecule has 0 aliphatic rings. The van der Waals surface area contributed by atoms with Crippen molar-refractivity contribution >= 4 is 17.5 Å². The van der Waals surface area contributed by atoms with Gasteiger partial charge in [-0.15, -0.1) is 0 Å². The Kier molecular flexibility index (Phi) is 4.86. The molecule has 3 aromatic rings. The fraction of sp³-hybridized carbons (Fsp3) is 0.211. The summed E-state index contributed by atoms with van der Waals surface area (Å²) in [6, 6.07) is 10.9. The highest BCUT2D eigenvalue weighted by atomic mass is 35.5. The van der Waals surface area contributed by atoms with Gasteiger partial charge in [0.2, 0.25) is 0 Å². The van der Waals surface area contributed by atoms with Crippen molar-refractivity contribution in [2.75, 3.05) is 14.2 Å². The molecular weight excluding hydrogens is 340 g/mol. The summed E-state index contributed by atoms with van der Waals surface area (Å²) in [7, 11) is 3.25. The van der Waals surface area contributed by atoms with Crippen molar-refractivity contribution in [1.82, 2.24) is 9.47 Å². The summed E-state index contributed by atoms with van der Waals surface area (Å²) in [6.07, 6.45) is 3.76. The van der Waals surface area contributed by atoms with E-state index in [1.54, 1.807) is 24.1 Å². The van der Waals surface area contributed by atoms with E-state index < -0.39 is 0 Å². The van der Waals surface area contributed by atoms with E-state index in [1.807, 2.05) is 48.1 Å². The average molecular weight is 359 g/mol. The van der Waals surface area contributed by atoms with Crippen molar-refractivity contribution in [3.8, 4) is 11.4 Å². The second kappa shape index (κ2) is 7.07. The normalized spacial score (nSPS) is 10.7. The zero-order valence-electron chi connectivity index (χ0n) is 14.3. The summed E-state index contributed by atoms with van der Waals surface area (Å²) >= 11 is 6.40. The van der Waals surface area contributed by atoms with Gasteiger partial charge < -0.3 is 18.6 Å². The van der Waals surface area contributed by atoms with Crippen LogP contribution in [0.4, 0.5) is 0 Å². The Bertz CT molecular complexity index is 884. The smallest absolute Gasteiger partial charge is 0.257 e. The van der Waals surface area contributed by atoms with E-state index in [-0.39, 0.29) is 5.91 Å². The standard InChI is InChI=1S/C19H19ClN2O3/c1-13-6-7-14(25-13)12-21(2)19(23)15-10-16(20)17(11-18(15)24-3)22-8-4-5-9-22/h4-11H,12H2,1-3H3. The zero-order chi connectivity index (χ0) is 18.0. The zero-order valence-corrected chi connectivity index (χ0v) is 15.1. The molecule has 2 aromatic heterocycles. The van der Waals surface area contributed by atoms with Crippen LogP contribution in [0.3, 0.4) is 0 Å². The van der Waals surface area contributed by atoms with Crippen molar-refractivity contribution < 1.29 is 13.9 Å². The molecule has 0 N–H and O–H groups in total. The first-order valence-corrected chi connectivity index (χ1v) is 8.19. The van der Waals surface area contributed by atoms with Crippen LogP contribution in [-0.2, 0) is 6.54 Å². The minimum atomic E-state index is -0.188. The lowest BCUT2D eigenvalue weighted by atomic mass is 10.1. The number of hydrogen-bond acceptors (Lipinski definition) is 3. The molecule has 0 unspecified atom stereocenters. The number of methoxy groups -OCH3 is 1. The van der Waals surface area contributed by atoms with E-state index in [4.69, 9.17) is 20.8 Å². The summed E-state index contributed by atoms with van der Waals surface area (Å²) in [5, 5.41) is 0.475. The second-order valence-corrected chi connectivity index (χ2v) is 6.17. The number of nitrogens with zero attached hydrogens (tertiary/aromatic N) is 2. The van der Waals surface area contributed by atoms with Crippen molar-refractivity contribution in [2.24, 2.45) is 0 Å². The topological polar surface area (TPSA) is 47.6 Å². The van der Waals surface area contributed by atoms with Gasteiger partial charge in [-0.2, -0.15) is 0 Å². The minimum absolute atomic E-state index is 0.188. The van der Waals surface area contributed by atoms with Crippen LogP contribution in [-0.4, -0.2) is 29.5 Å². The Labute approximate surface area is 151 Å². The predicted molar refractivity (Wildman–Crippen MR) is 96.6 cm³/mol. The molecule has 3 rings (SSSR count). The Morgan fingerprint density at radius 3 is 2.60 bits per heavy atom. The van der Waals surface area contributed by atoms with Gasteiger partial charge in [-0.05, 0) is 37.3 Å². The van der Waals surface area contributed by atoms with Crippen LogP contribution < -0.4 is 4.74 Å². The molecule has 0 radical (unpaired) electrons. The number of aromatic nitrogens is 1. The number of carbonyl (C=O) groups is 1. The molecule has 25 heavy (non-hydrogen) atoms. The van der Waals surface area contributed by atoms with E-state index in [1.165, 1.54) is 7.11 Å². The van der Waals surface area contributed by atoms with Gasteiger partial charge >= 0.3 is 0 Å². The van der Waals surface area contributed by atoms with Crippen LogP contribution in [0.1, 0.15) is 21.9 Å². The van der Waals surface area contributed by atoms with Crippen LogP contribution in [0.15, 0.2) is 53.2 Å². The first-order valence-electron chi connectivity index (χ1n) is 7.81. The lowest BCUT2D eigenvalue weighted by molar-refractivity contribution is 0.0771. The number of halogens is 1. The summed E-state index contributed by atoms with van der Waals surface area (Å²) in [4.78, 5) is 14.4. The lowest BCUT2D eigenvalue weighted by Crippen LogP contribution is -2.26. The molecule has 0 atom stereocenters. The summed E-state index contributed by atoms with van der Waals surface area (Å²) < 4.78 is 12.8. The van der Waals surface area contributed by atoms with Crippen LogP contribution >= 0.6 is 11.6 Å². The third-order valence-corrected chi connectivity index (χ3v) is 4.22. The quantitative estimate of drug-likeness (QED) is 0.682. The average Bonchev–Trinajstić information content (AvgIpc) is 3.25. The summed E-state index contributed by atoms with van der Waals surface area (Å²) in [5.74, 6) is 1.82. The number of ether oxygens (including phenoxy) is 1. The first kappa shape index (κ1) is 17.2. The molecule has 0 spiro atoms. The molecular formula is C19H19ClN2O3. The predicted octanol–water partition coefficient (Wildman–Crippen LogP) is 4.31. The summed E-state index contributed by atoms with van der Waals surface area (Å²) in [6.45, 7) is 2.24. The highest BCUT2D eigenvalue weighted by Crippen LogP contribution is 2.31. The molecule has 0 saturated carbocycles. The van der Waals surface area contributed by atoms with E-state index >= 15 is 0 Å². The largest absolute Gasteiger partial charge is 0.496 e. The van der Waals surface area contributed by atoms with Crippen LogP contribution in [0.5, 0.6) is 5.75 Å². The van der Waals surface area contributed by atoms with Gasteiger partial charge in [-0.25, -0.2) is 0 Å². The maximum atomic E-state index is 12.8. The number of furan rings is 1. The second-order valence-electron chi connectivity index (χ2n) is 5.77. The van der Waals surface area contributed by atoms with Crippen LogP contribution in [0.2, 0.25) is 5.02 Å². The third kappa shape index (κ3) is 3.56. The molecule has 130 valence electrons. The molecule has 6 heteroatoms. The van der Waals surface area contributed by atoms with Gasteiger partial charge in [0.1, 0.15) is 17.3 Å². The molecule has 0 aliphatic heterocycles. The Morgan fingerprint density at radius 1 is 1.28 bits per heavy atom. The molecule has 0 bridgehead atoms. The van der Waals surface area contributed by atoms with Gasteiger partial charge in [0.25, 0.3) is 5.91 Å². The molecule has 1 aromatic carbocycles. The van der Waals surface area contributed by atoms with Crippen molar-refractivity contribution in [2.45, 2.75) is 13.5 Å². The lowest BCUT2D eigenvalue weighted by Gasteiger charge is -2.19. The Hall–Kier alpha value is -2.66. The van der Waals surface area contributed by atoms with Crippen LogP contribution in [0.25, 0.3) is 5.69 Å². The number of aryl methyl sites for hydroxylation is 1.